The van der Waals surface area contributed by atoms with Crippen molar-refractivity contribution in [2.75, 3.05) is 0 Å². The van der Waals surface area contributed by atoms with Crippen LogP contribution >= 0.6 is 0 Å². The zero-order valence-electron chi connectivity index (χ0n) is 9.64. The van der Waals surface area contributed by atoms with Crippen LogP contribution in [0.2, 0.25) is 0 Å². The Morgan fingerprint density at radius 2 is 1.77 bits per heavy atom. The summed E-state index contributed by atoms with van der Waals surface area (Å²) in [6, 6.07) is 0.199. The second-order valence-electron chi connectivity index (χ2n) is 4.24. The first-order chi connectivity index (χ1) is 6.02. The average Bonchev–Trinajstić information content (AvgIpc) is 2.14. The van der Waals surface area contributed by atoms with Crippen molar-refractivity contribution in [2.45, 2.75) is 53.0 Å². The van der Waals surface area contributed by atoms with E-state index in [0.717, 1.165) is 18.8 Å². The zero-order valence-corrected chi connectivity index (χ0v) is 9.64. The molecule has 0 fully saturated rings. The molecule has 78 valence electrons. The average molecular weight is 183 g/mol. The Kier molecular flexibility index (Phi) is 6.06. The maximum Gasteiger partial charge on any atom is 0.0256 e. The minimum absolute atomic E-state index is 0.199. The van der Waals surface area contributed by atoms with Gasteiger partial charge in [0, 0.05) is 6.04 Å². The minimum Gasteiger partial charge on any atom is -0.324 e. The van der Waals surface area contributed by atoms with Crippen LogP contribution in [-0.2, 0) is 0 Å². The molecule has 1 heteroatoms. The summed E-state index contributed by atoms with van der Waals surface area (Å²) in [5.41, 5.74) is 7.30. The van der Waals surface area contributed by atoms with Gasteiger partial charge in [0.25, 0.3) is 0 Å². The van der Waals surface area contributed by atoms with Gasteiger partial charge in [0.15, 0.2) is 0 Å². The van der Waals surface area contributed by atoms with E-state index < -0.39 is 0 Å². The van der Waals surface area contributed by atoms with Crippen LogP contribution in [0.15, 0.2) is 12.2 Å². The molecular weight excluding hydrogens is 158 g/mol. The molecule has 1 nitrogen and oxygen atoms in total. The van der Waals surface area contributed by atoms with Gasteiger partial charge in [0.05, 0.1) is 0 Å². The Bertz CT molecular complexity index is 151. The summed E-state index contributed by atoms with van der Waals surface area (Å²) in [5, 5.41) is 0. The molecule has 0 aliphatic heterocycles. The third kappa shape index (κ3) is 4.47. The van der Waals surface area contributed by atoms with Gasteiger partial charge in [-0.05, 0) is 24.7 Å². The second kappa shape index (κ2) is 6.20. The van der Waals surface area contributed by atoms with Gasteiger partial charge in [-0.25, -0.2) is 0 Å². The molecule has 0 saturated heterocycles. The van der Waals surface area contributed by atoms with Crippen LogP contribution in [0.3, 0.4) is 0 Å². The number of hydrogen-bond donors (Lipinski definition) is 1. The molecule has 0 aliphatic rings. The van der Waals surface area contributed by atoms with Gasteiger partial charge in [0.1, 0.15) is 0 Å². The Hall–Kier alpha value is -0.300. The van der Waals surface area contributed by atoms with Gasteiger partial charge < -0.3 is 5.73 Å². The summed E-state index contributed by atoms with van der Waals surface area (Å²) in [7, 11) is 0. The Balaban J connectivity index is 3.95. The van der Waals surface area contributed by atoms with Gasteiger partial charge in [-0.15, -0.1) is 0 Å². The van der Waals surface area contributed by atoms with E-state index >= 15 is 0 Å². The normalized spacial score (nSPS) is 17.9. The highest BCUT2D eigenvalue weighted by Gasteiger charge is 2.14. The van der Waals surface area contributed by atoms with E-state index in [4.69, 9.17) is 5.73 Å². The molecule has 0 amide bonds. The van der Waals surface area contributed by atoms with Crippen LogP contribution in [0.5, 0.6) is 0 Å². The van der Waals surface area contributed by atoms with Gasteiger partial charge in [0.2, 0.25) is 0 Å². The Morgan fingerprint density at radius 1 is 1.23 bits per heavy atom. The van der Waals surface area contributed by atoms with Crippen LogP contribution < -0.4 is 5.73 Å². The second-order valence-corrected chi connectivity index (χ2v) is 4.24. The van der Waals surface area contributed by atoms with Crippen LogP contribution in [0.4, 0.5) is 0 Å². The van der Waals surface area contributed by atoms with Crippen molar-refractivity contribution in [3.8, 4) is 0 Å². The first kappa shape index (κ1) is 12.7. The molecule has 0 aromatic heterocycles. The summed E-state index contributed by atoms with van der Waals surface area (Å²) in [5.74, 6) is 1.29. The monoisotopic (exact) mass is 183 g/mol. The van der Waals surface area contributed by atoms with Gasteiger partial charge in [-0.3, -0.25) is 0 Å². The van der Waals surface area contributed by atoms with E-state index in [0.29, 0.717) is 5.92 Å². The molecule has 0 rings (SSSR count). The van der Waals surface area contributed by atoms with E-state index in [9.17, 15) is 0 Å². The molecule has 3 atom stereocenters. The summed E-state index contributed by atoms with van der Waals surface area (Å²) >= 11 is 0. The molecule has 1 unspecified atom stereocenters. The lowest BCUT2D eigenvalue weighted by Crippen LogP contribution is -2.27. The third-order valence-corrected chi connectivity index (χ3v) is 3.07. The molecule has 0 aliphatic carbocycles. The predicted molar refractivity (Wildman–Crippen MR) is 60.6 cm³/mol. The van der Waals surface area contributed by atoms with Crippen LogP contribution in [-0.4, -0.2) is 6.04 Å². The summed E-state index contributed by atoms with van der Waals surface area (Å²) in [6.07, 6.45) is 3.44. The molecule has 0 saturated carbocycles. The van der Waals surface area contributed by atoms with Crippen molar-refractivity contribution in [2.24, 2.45) is 17.6 Å². The van der Waals surface area contributed by atoms with E-state index in [1.54, 1.807) is 0 Å². The van der Waals surface area contributed by atoms with Crippen LogP contribution in [0.25, 0.3) is 0 Å². The molecule has 0 bridgehead atoms. The highest BCUT2D eigenvalue weighted by atomic mass is 14.6. The predicted octanol–water partition coefficient (Wildman–Crippen LogP) is 3.35. The summed E-state index contributed by atoms with van der Waals surface area (Å²) < 4.78 is 0. The molecular formula is C12H25N. The van der Waals surface area contributed by atoms with Gasteiger partial charge in [-0.1, -0.05) is 46.3 Å². The number of hydrogen-bond acceptors (Lipinski definition) is 1. The molecule has 0 aromatic rings. The first-order valence-electron chi connectivity index (χ1n) is 5.47. The topological polar surface area (TPSA) is 26.0 Å². The van der Waals surface area contributed by atoms with Crippen LogP contribution in [0, 0.1) is 11.8 Å². The van der Waals surface area contributed by atoms with Crippen molar-refractivity contribution in [1.29, 1.82) is 0 Å². The fraction of sp³-hybridized carbons (Fsp3) is 0.833. The Labute approximate surface area is 83.4 Å². The molecule has 2 N–H and O–H groups in total. The third-order valence-electron chi connectivity index (χ3n) is 3.07. The summed E-state index contributed by atoms with van der Waals surface area (Å²) in [6.45, 7) is 12.9. The molecule has 0 heterocycles. The largest absolute Gasteiger partial charge is 0.324 e. The van der Waals surface area contributed by atoms with Crippen molar-refractivity contribution < 1.29 is 0 Å². The highest BCUT2D eigenvalue weighted by Crippen LogP contribution is 2.20. The molecule has 0 aromatic carbocycles. The van der Waals surface area contributed by atoms with Crippen LogP contribution in [0.1, 0.15) is 47.0 Å². The van der Waals surface area contributed by atoms with E-state index in [2.05, 4.69) is 34.3 Å². The van der Waals surface area contributed by atoms with Crippen molar-refractivity contribution in [3.63, 3.8) is 0 Å². The maximum atomic E-state index is 6.07. The molecule has 13 heavy (non-hydrogen) atoms. The van der Waals surface area contributed by atoms with Gasteiger partial charge >= 0.3 is 0 Å². The Morgan fingerprint density at radius 3 is 2.15 bits per heavy atom. The zero-order chi connectivity index (χ0) is 10.4. The summed E-state index contributed by atoms with van der Waals surface area (Å²) in [4.78, 5) is 0. The van der Waals surface area contributed by atoms with Crippen molar-refractivity contribution >= 4 is 0 Å². The standard InChI is InChI=1S/C12H25N/c1-6-9(3)8-12(13)11(5)10(4)7-2/h9-10,12H,5-8,13H2,1-4H3/t9-,10+,12?/m0/s1. The fourth-order valence-electron chi connectivity index (χ4n) is 1.38. The van der Waals surface area contributed by atoms with E-state index in [1.165, 1.54) is 12.0 Å². The smallest absolute Gasteiger partial charge is 0.0256 e. The van der Waals surface area contributed by atoms with E-state index in [1.807, 2.05) is 0 Å². The quantitative estimate of drug-likeness (QED) is 0.628. The highest BCUT2D eigenvalue weighted by molar-refractivity contribution is 5.07. The molecule has 0 radical (unpaired) electrons. The van der Waals surface area contributed by atoms with Crippen molar-refractivity contribution in [1.82, 2.24) is 0 Å². The fourth-order valence-corrected chi connectivity index (χ4v) is 1.38. The van der Waals surface area contributed by atoms with E-state index in [-0.39, 0.29) is 6.04 Å². The first-order valence-corrected chi connectivity index (χ1v) is 5.47. The SMILES string of the molecule is C=C(C(N)C[C@@H](C)CC)[C@H](C)CC. The maximum absolute atomic E-state index is 6.07. The lowest BCUT2D eigenvalue weighted by Gasteiger charge is -2.22. The number of rotatable bonds is 6. The van der Waals surface area contributed by atoms with Gasteiger partial charge in [-0.2, -0.15) is 0 Å². The molecule has 0 spiro atoms. The van der Waals surface area contributed by atoms with Crippen molar-refractivity contribution in [3.05, 3.63) is 12.2 Å². The number of nitrogens with two attached hydrogens (primary N) is 1. The minimum atomic E-state index is 0.199. The lowest BCUT2D eigenvalue weighted by molar-refractivity contribution is 0.455. The lowest BCUT2D eigenvalue weighted by atomic mass is 9.88.